The molecule has 176 valence electrons. The van der Waals surface area contributed by atoms with Gasteiger partial charge in [-0.3, -0.25) is 0 Å². The number of hydrogen-bond acceptors (Lipinski definition) is 0. The quantitative estimate of drug-likeness (QED) is 0.171. The van der Waals surface area contributed by atoms with Crippen LogP contribution in [0.5, 0.6) is 0 Å². The Bertz CT molecular complexity index is 395. The molecule has 0 radical (unpaired) electrons. The van der Waals surface area contributed by atoms with Crippen molar-refractivity contribution in [2.75, 3.05) is 19.6 Å². The van der Waals surface area contributed by atoms with Gasteiger partial charge in [0.2, 0.25) is 0 Å². The van der Waals surface area contributed by atoms with Gasteiger partial charge in [-0.05, 0) is 0 Å². The van der Waals surface area contributed by atoms with Crippen LogP contribution in [0.4, 0.5) is 26.3 Å². The summed E-state index contributed by atoms with van der Waals surface area (Å²) in [5.74, 6) is -10.3. The largest absolute Gasteiger partial charge is 4.00 e. The van der Waals surface area contributed by atoms with Crippen LogP contribution in [0.25, 0.3) is 17.2 Å². The fraction of sp³-hybridized carbons (Fsp3) is 0.737. The van der Waals surface area contributed by atoms with Crippen molar-refractivity contribution in [3.63, 3.8) is 0 Å². The molecule has 1 aromatic rings. The zero-order valence-electron chi connectivity index (χ0n) is 18.0. The van der Waals surface area contributed by atoms with Crippen molar-refractivity contribution in [3.05, 3.63) is 41.5 Å². The van der Waals surface area contributed by atoms with Crippen LogP contribution in [0.2, 0.25) is 0 Å². The Morgan fingerprint density at radius 3 is 1.07 bits per heavy atom. The average molecular weight is 626 g/mol. The Labute approximate surface area is 197 Å². The van der Waals surface area contributed by atoms with Crippen LogP contribution in [0, 0.1) is 0 Å². The van der Waals surface area contributed by atoms with E-state index in [9.17, 15) is 26.3 Å². The Balaban J connectivity index is -0.000000176. The summed E-state index contributed by atoms with van der Waals surface area (Å²) in [6, 6.07) is 4.09. The van der Waals surface area contributed by atoms with E-state index in [-0.39, 0.29) is 25.8 Å². The van der Waals surface area contributed by atoms with Gasteiger partial charge in [-0.1, -0.05) is 59.3 Å². The molecule has 30 heavy (non-hydrogen) atoms. The second-order valence-corrected chi connectivity index (χ2v) is 8.89. The molecule has 0 unspecified atom stereocenters. The van der Waals surface area contributed by atoms with Crippen molar-refractivity contribution in [3.8, 4) is 0 Å². The Kier molecular flexibility index (Phi) is 29.2. The molecule has 0 spiro atoms. The number of halogens is 6. The normalized spacial score (nSPS) is 10.6. The van der Waals surface area contributed by atoms with Gasteiger partial charge in [-0.25, -0.2) is 12.1 Å². The minimum absolute atomic E-state index is 0. The van der Waals surface area contributed by atoms with Crippen molar-refractivity contribution >= 4 is 14.0 Å². The molecule has 0 heterocycles. The maximum atomic E-state index is 12.1. The van der Waals surface area contributed by atoms with Crippen LogP contribution in [-0.4, -0.2) is 40.0 Å². The van der Waals surface area contributed by atoms with Crippen molar-refractivity contribution in [2.45, 2.75) is 70.9 Å². The number of unbranched alkanes of at least 4 members (excludes halogenated alkanes) is 3. The van der Waals surface area contributed by atoms with E-state index in [1.165, 1.54) is 12.1 Å². The van der Waals surface area contributed by atoms with E-state index in [2.05, 4.69) is 20.8 Å². The van der Waals surface area contributed by atoms with E-state index >= 15 is 0 Å². The summed E-state index contributed by atoms with van der Waals surface area (Å²) in [6.45, 7) is 8.06. The van der Waals surface area contributed by atoms with Gasteiger partial charge in [0.25, 0.3) is 8.80 Å². The molecule has 3 N–H and O–H groups in total. The third-order valence-corrected chi connectivity index (χ3v) is 5.63. The first-order valence-corrected chi connectivity index (χ1v) is 11.5. The van der Waals surface area contributed by atoms with E-state index < -0.39 is 25.6 Å². The molecule has 0 aliphatic rings. The van der Waals surface area contributed by atoms with Crippen LogP contribution >= 0.6 is 0 Å². The third kappa shape index (κ3) is 24.2. The second-order valence-electron chi connectivity index (χ2n) is 6.05. The predicted molar refractivity (Wildman–Crippen MR) is 113 cm³/mol. The van der Waals surface area contributed by atoms with Crippen LogP contribution in [0.3, 0.4) is 0 Å². The molecule has 0 saturated heterocycles. The fourth-order valence-electron chi connectivity index (χ4n) is 1.68. The van der Waals surface area contributed by atoms with Gasteiger partial charge in [0, 0.05) is 0 Å². The fourth-order valence-corrected chi connectivity index (χ4v) is 3.41. The number of hydrogen-bond donors (Lipinski definition) is 0. The van der Waals surface area contributed by atoms with Gasteiger partial charge in [-0.15, -0.1) is 5.19 Å². The first-order valence-electron chi connectivity index (χ1n) is 9.76. The molecule has 0 atom stereocenters. The van der Waals surface area contributed by atoms with Crippen LogP contribution < -0.4 is 5.19 Å². The maximum absolute atomic E-state index is 12.1. The molecule has 0 aromatic heterocycles. The summed E-state index contributed by atoms with van der Waals surface area (Å²) in [5.41, 5.74) is 19.8. The molecule has 3 nitrogen and oxygen atoms in total. The van der Waals surface area contributed by atoms with Crippen LogP contribution in [0.15, 0.2) is 24.3 Å². The summed E-state index contributed by atoms with van der Waals surface area (Å²) in [4.78, 5) is 0. The molecule has 0 fully saturated rings. The maximum Gasteiger partial charge on any atom is 4.00 e. The van der Waals surface area contributed by atoms with Crippen LogP contribution in [-0.2, 0) is 25.8 Å². The number of nitrogens with one attached hydrogen (secondary N) is 3. The molecule has 0 bridgehead atoms. The topological polar surface area (TPSA) is 71.4 Å². The van der Waals surface area contributed by atoms with Gasteiger partial charge in [0.05, 0.1) is 0 Å². The minimum Gasteiger partial charge on any atom is -0.677 e. The average Bonchev–Trinajstić information content (AvgIpc) is 3.10. The van der Waals surface area contributed by atoms with Crippen molar-refractivity contribution in [1.29, 1.82) is 0 Å². The zero-order valence-corrected chi connectivity index (χ0v) is 22.8. The van der Waals surface area contributed by atoms with Gasteiger partial charge < -0.3 is 17.2 Å². The third-order valence-electron chi connectivity index (χ3n) is 3.27. The minimum atomic E-state index is -5.16. The Hall–Kier alpha value is -0.103. The molecule has 0 saturated carbocycles. The Morgan fingerprint density at radius 1 is 0.667 bits per heavy atom. The van der Waals surface area contributed by atoms with E-state index in [0.717, 1.165) is 50.7 Å². The molecular weight excluding hydrogens is 591 g/mol. The number of alkyl halides is 6. The first-order chi connectivity index (χ1) is 13.5. The second kappa shape index (κ2) is 23.6. The SMILES string of the molecule is CCCC[NH-].CCCC[NH-].CCCC[NH-].FC(F)(F)[SiH]([c-]1cccc1)C(F)(F)F.[Hf+4]. The standard InChI is InChI=1S/C7H5F6Si.3C4H10N.Hf/c8-6(9,10)14(7(11,12)13)5-3-1-2-4-5;3*1-2-3-4-5;/h1-4,14H;3*5H,2-4H2,1H3;/q4*-1;+4. The molecule has 0 amide bonds. The monoisotopic (exact) mass is 627 g/mol. The van der Waals surface area contributed by atoms with Gasteiger partial charge in [0.1, 0.15) is 0 Å². The summed E-state index contributed by atoms with van der Waals surface area (Å²) in [6.07, 6.45) is 6.64. The van der Waals surface area contributed by atoms with E-state index in [1.54, 1.807) is 0 Å². The van der Waals surface area contributed by atoms with Gasteiger partial charge in [0.15, 0.2) is 0 Å². The predicted octanol–water partition coefficient (Wildman–Crippen LogP) is 7.56. The van der Waals surface area contributed by atoms with Crippen molar-refractivity contribution in [2.24, 2.45) is 0 Å². The van der Waals surface area contributed by atoms with Gasteiger partial charge in [-0.2, -0.15) is 58.1 Å². The van der Waals surface area contributed by atoms with Gasteiger partial charge >= 0.3 is 37.4 Å². The smallest absolute Gasteiger partial charge is 0.677 e. The van der Waals surface area contributed by atoms with Crippen molar-refractivity contribution < 1.29 is 52.2 Å². The van der Waals surface area contributed by atoms with Crippen molar-refractivity contribution in [1.82, 2.24) is 0 Å². The summed E-state index contributed by atoms with van der Waals surface area (Å²) in [7, 11) is -4.92. The molecule has 0 aliphatic heterocycles. The zero-order chi connectivity index (χ0) is 23.3. The summed E-state index contributed by atoms with van der Waals surface area (Å²) in [5, 5.41) is -0.634. The van der Waals surface area contributed by atoms with E-state index in [1.807, 2.05) is 0 Å². The summed E-state index contributed by atoms with van der Waals surface area (Å²) < 4.78 is 72.7. The first kappa shape index (κ1) is 37.2. The van der Waals surface area contributed by atoms with Crippen LogP contribution in [0.1, 0.15) is 59.3 Å². The Morgan fingerprint density at radius 2 is 0.933 bits per heavy atom. The molecule has 1 rings (SSSR count). The molecule has 1 aromatic carbocycles. The number of rotatable bonds is 7. The summed E-state index contributed by atoms with van der Waals surface area (Å²) >= 11 is 0. The van der Waals surface area contributed by atoms with E-state index in [0.29, 0.717) is 19.6 Å². The van der Waals surface area contributed by atoms with E-state index in [4.69, 9.17) is 17.2 Å². The molecule has 0 aliphatic carbocycles. The molecular formula is C19H35F6HfN3Si. The molecule has 11 heteroatoms.